The van der Waals surface area contributed by atoms with Crippen LogP contribution >= 0.6 is 23.2 Å². The van der Waals surface area contributed by atoms with Crippen LogP contribution in [0.15, 0.2) is 42.5 Å². The van der Waals surface area contributed by atoms with Gasteiger partial charge in [0, 0.05) is 12.2 Å². The van der Waals surface area contributed by atoms with Gasteiger partial charge in [0.1, 0.15) is 0 Å². The highest BCUT2D eigenvalue weighted by Crippen LogP contribution is 2.23. The van der Waals surface area contributed by atoms with Gasteiger partial charge in [-0.1, -0.05) is 54.7 Å². The summed E-state index contributed by atoms with van der Waals surface area (Å²) in [7, 11) is 0. The van der Waals surface area contributed by atoms with Crippen LogP contribution in [0.3, 0.4) is 0 Å². The van der Waals surface area contributed by atoms with Crippen LogP contribution in [0.2, 0.25) is 10.0 Å². The van der Waals surface area contributed by atoms with Crippen molar-refractivity contribution in [1.29, 1.82) is 0 Å². The molecule has 0 atom stereocenters. The van der Waals surface area contributed by atoms with Crippen LogP contribution in [-0.4, -0.2) is 0 Å². The van der Waals surface area contributed by atoms with E-state index in [4.69, 9.17) is 23.2 Å². The number of benzene rings is 2. The topological polar surface area (TPSA) is 12.0 Å². The molecule has 0 aliphatic rings. The predicted molar refractivity (Wildman–Crippen MR) is 88.8 cm³/mol. The van der Waals surface area contributed by atoms with Crippen molar-refractivity contribution in [2.24, 2.45) is 0 Å². The Balaban J connectivity index is 1.91. The maximum atomic E-state index is 6.01. The van der Waals surface area contributed by atoms with Crippen molar-refractivity contribution >= 4 is 28.9 Å². The predicted octanol–water partition coefficient (Wildman–Crippen LogP) is 5.95. The molecule has 2 aromatic rings. The van der Waals surface area contributed by atoms with E-state index in [2.05, 4.69) is 36.5 Å². The van der Waals surface area contributed by atoms with Gasteiger partial charge in [-0.25, -0.2) is 0 Å². The highest BCUT2D eigenvalue weighted by Gasteiger charge is 2.00. The van der Waals surface area contributed by atoms with Crippen LogP contribution in [0.4, 0.5) is 5.69 Å². The van der Waals surface area contributed by atoms with E-state index in [0.29, 0.717) is 10.0 Å². The highest BCUT2D eigenvalue weighted by molar-refractivity contribution is 6.42. The third kappa shape index (κ3) is 4.43. The van der Waals surface area contributed by atoms with Gasteiger partial charge < -0.3 is 5.32 Å². The molecule has 1 nitrogen and oxygen atoms in total. The maximum Gasteiger partial charge on any atom is 0.0595 e. The molecule has 2 rings (SSSR count). The maximum absolute atomic E-state index is 6.01. The van der Waals surface area contributed by atoms with E-state index in [9.17, 15) is 0 Å². The van der Waals surface area contributed by atoms with Crippen molar-refractivity contribution in [2.45, 2.75) is 32.7 Å². The summed E-state index contributed by atoms with van der Waals surface area (Å²) in [6.45, 7) is 2.96. The zero-order valence-electron chi connectivity index (χ0n) is 11.6. The lowest BCUT2D eigenvalue weighted by Crippen LogP contribution is -1.99. The Morgan fingerprint density at radius 1 is 0.900 bits per heavy atom. The van der Waals surface area contributed by atoms with Crippen LogP contribution in [0.1, 0.15) is 30.9 Å². The fraction of sp³-hybridized carbons (Fsp3) is 0.294. The second kappa shape index (κ2) is 7.56. The molecular formula is C17H19Cl2N. The smallest absolute Gasteiger partial charge is 0.0595 e. The molecule has 20 heavy (non-hydrogen) atoms. The first kappa shape index (κ1) is 15.2. The Morgan fingerprint density at radius 3 is 2.25 bits per heavy atom. The molecule has 0 saturated heterocycles. The minimum atomic E-state index is 0.593. The van der Waals surface area contributed by atoms with Crippen molar-refractivity contribution in [2.75, 3.05) is 5.32 Å². The molecule has 0 aliphatic carbocycles. The molecule has 3 heteroatoms. The first-order valence-electron chi connectivity index (χ1n) is 6.96. The van der Waals surface area contributed by atoms with E-state index >= 15 is 0 Å². The Kier molecular flexibility index (Phi) is 5.75. The first-order chi connectivity index (χ1) is 9.69. The monoisotopic (exact) mass is 307 g/mol. The van der Waals surface area contributed by atoms with Gasteiger partial charge in [-0.2, -0.15) is 0 Å². The van der Waals surface area contributed by atoms with Gasteiger partial charge in [0.25, 0.3) is 0 Å². The van der Waals surface area contributed by atoms with E-state index in [1.807, 2.05) is 18.2 Å². The van der Waals surface area contributed by atoms with Gasteiger partial charge in [0.05, 0.1) is 10.0 Å². The Labute approximate surface area is 130 Å². The molecule has 1 N–H and O–H groups in total. The largest absolute Gasteiger partial charge is 0.381 e. The lowest BCUT2D eigenvalue weighted by molar-refractivity contribution is 0.795. The molecular weight excluding hydrogens is 289 g/mol. The zero-order valence-corrected chi connectivity index (χ0v) is 13.1. The average Bonchev–Trinajstić information content (AvgIpc) is 2.47. The van der Waals surface area contributed by atoms with Gasteiger partial charge in [0.15, 0.2) is 0 Å². The van der Waals surface area contributed by atoms with Crippen molar-refractivity contribution < 1.29 is 0 Å². The second-order valence-corrected chi connectivity index (χ2v) is 5.72. The summed E-state index contributed by atoms with van der Waals surface area (Å²) in [4.78, 5) is 0. The molecule has 0 saturated carbocycles. The zero-order chi connectivity index (χ0) is 14.4. The molecule has 106 valence electrons. The van der Waals surface area contributed by atoms with Crippen molar-refractivity contribution in [3.63, 3.8) is 0 Å². The number of hydrogen-bond acceptors (Lipinski definition) is 1. The summed E-state index contributed by atoms with van der Waals surface area (Å²) in [5.74, 6) is 0. The van der Waals surface area contributed by atoms with Gasteiger partial charge in [-0.3, -0.25) is 0 Å². The summed E-state index contributed by atoms with van der Waals surface area (Å²) < 4.78 is 0. The van der Waals surface area contributed by atoms with E-state index in [1.165, 1.54) is 18.4 Å². The number of aryl methyl sites for hydroxylation is 1. The summed E-state index contributed by atoms with van der Waals surface area (Å²) in [6, 6.07) is 14.3. The molecule has 0 fully saturated rings. The van der Waals surface area contributed by atoms with Gasteiger partial charge in [-0.05, 0) is 48.2 Å². The third-order valence-corrected chi connectivity index (χ3v) is 3.99. The van der Waals surface area contributed by atoms with Crippen LogP contribution in [0.25, 0.3) is 0 Å². The number of nitrogens with one attached hydrogen (secondary N) is 1. The fourth-order valence-corrected chi connectivity index (χ4v) is 2.34. The van der Waals surface area contributed by atoms with Crippen LogP contribution < -0.4 is 5.32 Å². The lowest BCUT2D eigenvalue weighted by Gasteiger charge is -2.08. The number of hydrogen-bond donors (Lipinski definition) is 1. The van der Waals surface area contributed by atoms with Gasteiger partial charge in [-0.15, -0.1) is 0 Å². The van der Waals surface area contributed by atoms with Crippen LogP contribution in [0, 0.1) is 0 Å². The number of unbranched alkanes of at least 4 members (excludes halogenated alkanes) is 1. The van der Waals surface area contributed by atoms with Gasteiger partial charge in [0.2, 0.25) is 0 Å². The molecule has 0 aliphatic heterocycles. The SMILES string of the molecule is CCCCc1ccc(NCc2ccc(Cl)c(Cl)c2)cc1. The minimum Gasteiger partial charge on any atom is -0.381 e. The van der Waals surface area contributed by atoms with Crippen molar-refractivity contribution in [3.05, 3.63) is 63.6 Å². The van der Waals surface area contributed by atoms with E-state index in [1.54, 1.807) is 0 Å². The number of rotatable bonds is 6. The normalized spacial score (nSPS) is 10.6. The first-order valence-corrected chi connectivity index (χ1v) is 7.71. The average molecular weight is 308 g/mol. The minimum absolute atomic E-state index is 0.593. The molecule has 0 aromatic heterocycles. The molecule has 0 heterocycles. The molecule has 0 spiro atoms. The quantitative estimate of drug-likeness (QED) is 0.695. The summed E-state index contributed by atoms with van der Waals surface area (Å²) >= 11 is 11.9. The highest BCUT2D eigenvalue weighted by atomic mass is 35.5. The summed E-state index contributed by atoms with van der Waals surface area (Å²) in [5, 5.41) is 4.58. The van der Waals surface area contributed by atoms with Crippen LogP contribution in [0.5, 0.6) is 0 Å². The molecule has 2 aromatic carbocycles. The Bertz CT molecular complexity index is 549. The van der Waals surface area contributed by atoms with Crippen LogP contribution in [-0.2, 0) is 13.0 Å². The van der Waals surface area contributed by atoms with E-state index in [0.717, 1.165) is 24.2 Å². The summed E-state index contributed by atoms with van der Waals surface area (Å²) in [6.07, 6.45) is 3.64. The van der Waals surface area contributed by atoms with Crippen molar-refractivity contribution in [3.8, 4) is 0 Å². The van der Waals surface area contributed by atoms with E-state index in [-0.39, 0.29) is 0 Å². The third-order valence-electron chi connectivity index (χ3n) is 3.25. The number of anilines is 1. The van der Waals surface area contributed by atoms with Gasteiger partial charge >= 0.3 is 0 Å². The summed E-state index contributed by atoms with van der Waals surface area (Å²) in [5.41, 5.74) is 3.64. The molecule has 0 radical (unpaired) electrons. The Morgan fingerprint density at radius 2 is 1.60 bits per heavy atom. The molecule has 0 amide bonds. The van der Waals surface area contributed by atoms with E-state index < -0.39 is 0 Å². The fourth-order valence-electron chi connectivity index (χ4n) is 2.02. The second-order valence-electron chi connectivity index (χ2n) is 4.90. The Hall–Kier alpha value is -1.18. The number of halogens is 2. The molecule has 0 bridgehead atoms. The lowest BCUT2D eigenvalue weighted by atomic mass is 10.1. The standard InChI is InChI=1S/C17H19Cl2N/c1-2-3-4-13-5-8-15(9-6-13)20-12-14-7-10-16(18)17(19)11-14/h5-11,20H,2-4,12H2,1H3. The molecule has 0 unspecified atom stereocenters. The van der Waals surface area contributed by atoms with Crippen molar-refractivity contribution in [1.82, 2.24) is 0 Å².